The Hall–Kier alpha value is -2.92. The van der Waals surface area contributed by atoms with Crippen molar-refractivity contribution in [2.24, 2.45) is 0 Å². The first-order valence-corrected chi connectivity index (χ1v) is 10.7. The zero-order valence-electron chi connectivity index (χ0n) is 17.8. The highest BCUT2D eigenvalue weighted by molar-refractivity contribution is 5.60. The van der Waals surface area contributed by atoms with E-state index in [2.05, 4.69) is 40.9 Å². The van der Waals surface area contributed by atoms with E-state index in [4.69, 9.17) is 9.15 Å². The van der Waals surface area contributed by atoms with Crippen LogP contribution in [0.4, 0.5) is 0 Å². The van der Waals surface area contributed by atoms with E-state index in [0.29, 0.717) is 12.5 Å². The Morgan fingerprint density at radius 2 is 1.80 bits per heavy atom. The van der Waals surface area contributed by atoms with Crippen LogP contribution in [0.3, 0.4) is 0 Å². The summed E-state index contributed by atoms with van der Waals surface area (Å²) in [6.45, 7) is 8.03. The van der Waals surface area contributed by atoms with Crippen molar-refractivity contribution in [2.45, 2.75) is 39.7 Å². The number of benzene rings is 1. The molecule has 0 unspecified atom stereocenters. The average molecular weight is 404 g/mol. The molecule has 5 heteroatoms. The molecule has 0 aliphatic carbocycles. The zero-order valence-corrected chi connectivity index (χ0v) is 17.8. The van der Waals surface area contributed by atoms with Gasteiger partial charge in [0, 0.05) is 18.3 Å². The van der Waals surface area contributed by atoms with Crippen LogP contribution in [0.15, 0.2) is 64.9 Å². The van der Waals surface area contributed by atoms with Gasteiger partial charge < -0.3 is 9.15 Å². The van der Waals surface area contributed by atoms with Gasteiger partial charge in [-0.25, -0.2) is 4.98 Å². The van der Waals surface area contributed by atoms with Crippen LogP contribution in [0.25, 0.3) is 22.9 Å². The van der Waals surface area contributed by atoms with Crippen molar-refractivity contribution in [3.05, 3.63) is 66.0 Å². The molecule has 0 radical (unpaired) electrons. The molecule has 3 aromatic rings. The van der Waals surface area contributed by atoms with Gasteiger partial charge in [0.2, 0.25) is 5.89 Å². The van der Waals surface area contributed by atoms with Gasteiger partial charge in [-0.1, -0.05) is 18.1 Å². The summed E-state index contributed by atoms with van der Waals surface area (Å²) in [7, 11) is 0. The summed E-state index contributed by atoms with van der Waals surface area (Å²) in [5, 5.41) is 0. The number of aromatic nitrogens is 2. The van der Waals surface area contributed by atoms with Crippen LogP contribution in [0, 0.1) is 0 Å². The lowest BCUT2D eigenvalue weighted by Crippen LogP contribution is -2.29. The largest absolute Gasteiger partial charge is 0.490 e. The number of pyridine rings is 1. The minimum atomic E-state index is 0.540. The topological polar surface area (TPSA) is 51.4 Å². The lowest BCUT2D eigenvalue weighted by Gasteiger charge is -2.26. The fraction of sp³-hybridized carbons (Fsp3) is 0.360. The summed E-state index contributed by atoms with van der Waals surface area (Å²) in [6.07, 6.45) is 9.69. The second-order valence-corrected chi connectivity index (χ2v) is 8.04. The summed E-state index contributed by atoms with van der Waals surface area (Å²) in [4.78, 5) is 11.5. The number of hydrogen-bond donors (Lipinski definition) is 0. The highest BCUT2D eigenvalue weighted by Gasteiger charge is 2.13. The van der Waals surface area contributed by atoms with Crippen LogP contribution in [0.1, 0.15) is 38.7 Å². The zero-order chi connectivity index (χ0) is 20.8. The lowest BCUT2D eigenvalue weighted by molar-refractivity contribution is 0.220. The molecular weight excluding hydrogens is 374 g/mol. The van der Waals surface area contributed by atoms with Crippen molar-refractivity contribution in [3.8, 4) is 28.7 Å². The third kappa shape index (κ3) is 5.36. The highest BCUT2D eigenvalue weighted by atomic mass is 16.5. The van der Waals surface area contributed by atoms with E-state index in [-0.39, 0.29) is 0 Å². The van der Waals surface area contributed by atoms with Crippen LogP contribution in [0.5, 0.6) is 5.75 Å². The monoisotopic (exact) mass is 403 g/mol. The van der Waals surface area contributed by atoms with E-state index >= 15 is 0 Å². The second kappa shape index (κ2) is 9.72. The first kappa shape index (κ1) is 20.4. The number of oxazole rings is 1. The Kier molecular flexibility index (Phi) is 6.60. The first-order chi connectivity index (χ1) is 14.7. The maximum atomic E-state index is 5.96. The SMILES string of the molecule is CC(C)=CCOc1ccc(-c2cnc(-c3ccc(CN4CCCCC4)cn3)o2)cc1. The van der Waals surface area contributed by atoms with Gasteiger partial charge in [-0.3, -0.25) is 9.88 Å². The fourth-order valence-electron chi connectivity index (χ4n) is 3.57. The molecule has 0 bridgehead atoms. The molecule has 156 valence electrons. The summed E-state index contributed by atoms with van der Waals surface area (Å²) < 4.78 is 11.7. The molecule has 0 saturated carbocycles. The van der Waals surface area contributed by atoms with Crippen molar-refractivity contribution in [1.82, 2.24) is 14.9 Å². The molecule has 1 saturated heterocycles. The van der Waals surface area contributed by atoms with Crippen LogP contribution in [0.2, 0.25) is 0 Å². The second-order valence-electron chi connectivity index (χ2n) is 8.04. The molecular formula is C25H29N3O2. The molecule has 1 aliphatic rings. The Balaban J connectivity index is 1.39. The van der Waals surface area contributed by atoms with Crippen molar-refractivity contribution < 1.29 is 9.15 Å². The smallest absolute Gasteiger partial charge is 0.245 e. The van der Waals surface area contributed by atoms with Crippen molar-refractivity contribution in [3.63, 3.8) is 0 Å². The van der Waals surface area contributed by atoms with E-state index in [1.807, 2.05) is 36.5 Å². The molecule has 0 N–H and O–H groups in total. The Labute approximate surface area is 178 Å². The minimum Gasteiger partial charge on any atom is -0.490 e. The number of hydrogen-bond acceptors (Lipinski definition) is 5. The number of likely N-dealkylation sites (tertiary alicyclic amines) is 1. The predicted molar refractivity (Wildman–Crippen MR) is 119 cm³/mol. The van der Waals surface area contributed by atoms with E-state index < -0.39 is 0 Å². The molecule has 0 amide bonds. The van der Waals surface area contributed by atoms with Gasteiger partial charge >= 0.3 is 0 Å². The molecule has 1 aliphatic heterocycles. The number of nitrogens with zero attached hydrogens (tertiary/aromatic N) is 3. The molecule has 0 spiro atoms. The van der Waals surface area contributed by atoms with Gasteiger partial charge in [0.1, 0.15) is 18.1 Å². The molecule has 30 heavy (non-hydrogen) atoms. The first-order valence-electron chi connectivity index (χ1n) is 10.7. The highest BCUT2D eigenvalue weighted by Crippen LogP contribution is 2.27. The summed E-state index contributed by atoms with van der Waals surface area (Å²) in [6, 6.07) is 12.0. The minimum absolute atomic E-state index is 0.540. The maximum Gasteiger partial charge on any atom is 0.245 e. The predicted octanol–water partition coefficient (Wildman–Crippen LogP) is 5.73. The van der Waals surface area contributed by atoms with Gasteiger partial charge in [-0.2, -0.15) is 0 Å². The normalized spacial score (nSPS) is 14.5. The van der Waals surface area contributed by atoms with E-state index in [9.17, 15) is 0 Å². The van der Waals surface area contributed by atoms with Gasteiger partial charge in [-0.15, -0.1) is 0 Å². The van der Waals surface area contributed by atoms with E-state index in [0.717, 1.165) is 29.3 Å². The fourth-order valence-corrected chi connectivity index (χ4v) is 3.57. The molecule has 1 aromatic carbocycles. The summed E-state index contributed by atoms with van der Waals surface area (Å²) in [5.74, 6) is 2.10. The molecule has 1 fully saturated rings. The number of ether oxygens (including phenoxy) is 1. The van der Waals surface area contributed by atoms with Crippen molar-refractivity contribution in [1.29, 1.82) is 0 Å². The lowest BCUT2D eigenvalue weighted by atomic mass is 10.1. The molecule has 2 aromatic heterocycles. The van der Waals surface area contributed by atoms with Gasteiger partial charge in [-0.05, 0) is 81.7 Å². The third-order valence-electron chi connectivity index (χ3n) is 5.28. The number of rotatable bonds is 7. The van der Waals surface area contributed by atoms with E-state index in [1.54, 1.807) is 6.20 Å². The Morgan fingerprint density at radius 3 is 2.50 bits per heavy atom. The molecule has 4 rings (SSSR count). The van der Waals surface area contributed by atoms with Crippen LogP contribution < -0.4 is 4.74 Å². The number of piperidine rings is 1. The van der Waals surface area contributed by atoms with E-state index in [1.165, 1.54) is 43.5 Å². The molecule has 3 heterocycles. The average Bonchev–Trinajstić information content (AvgIpc) is 3.26. The maximum absolute atomic E-state index is 5.96. The Bertz CT molecular complexity index is 964. The molecule has 5 nitrogen and oxygen atoms in total. The van der Waals surface area contributed by atoms with Gasteiger partial charge in [0.15, 0.2) is 5.76 Å². The molecule has 0 atom stereocenters. The van der Waals surface area contributed by atoms with Gasteiger partial charge in [0.05, 0.1) is 6.20 Å². The third-order valence-corrected chi connectivity index (χ3v) is 5.28. The summed E-state index contributed by atoms with van der Waals surface area (Å²) in [5.41, 5.74) is 4.19. The van der Waals surface area contributed by atoms with Crippen molar-refractivity contribution >= 4 is 0 Å². The standard InChI is InChI=1S/C25H29N3O2/c1-19(2)12-15-29-22-9-7-21(8-10-22)24-17-27-25(30-24)23-11-6-20(16-26-23)18-28-13-4-3-5-14-28/h6-12,16-17H,3-5,13-15,18H2,1-2H3. The Morgan fingerprint density at radius 1 is 1.00 bits per heavy atom. The summed E-state index contributed by atoms with van der Waals surface area (Å²) >= 11 is 0. The van der Waals surface area contributed by atoms with Crippen LogP contribution in [-0.4, -0.2) is 34.6 Å². The quantitative estimate of drug-likeness (QED) is 0.471. The van der Waals surface area contributed by atoms with Crippen LogP contribution in [-0.2, 0) is 6.54 Å². The van der Waals surface area contributed by atoms with Crippen molar-refractivity contribution in [2.75, 3.05) is 19.7 Å². The van der Waals surface area contributed by atoms with Gasteiger partial charge in [0.25, 0.3) is 0 Å². The van der Waals surface area contributed by atoms with Crippen LogP contribution >= 0.6 is 0 Å². The number of allylic oxidation sites excluding steroid dienone is 1.